The van der Waals surface area contributed by atoms with Crippen LogP contribution >= 0.6 is 0 Å². The molecule has 0 saturated carbocycles. The van der Waals surface area contributed by atoms with Crippen LogP contribution in [0.25, 0.3) is 33.7 Å². The number of aryl methyl sites for hydroxylation is 1. The van der Waals surface area contributed by atoms with Gasteiger partial charge >= 0.3 is 6.18 Å². The molecule has 1 fully saturated rings. The van der Waals surface area contributed by atoms with Crippen LogP contribution < -0.4 is 4.90 Å². The number of halogens is 3. The van der Waals surface area contributed by atoms with Gasteiger partial charge in [0, 0.05) is 49.2 Å². The third-order valence-corrected chi connectivity index (χ3v) is 5.45. The van der Waals surface area contributed by atoms with Crippen molar-refractivity contribution < 1.29 is 17.9 Å². The lowest BCUT2D eigenvalue weighted by Crippen LogP contribution is -2.44. The topological polar surface area (TPSA) is 84.8 Å². The molecule has 0 amide bonds. The van der Waals surface area contributed by atoms with E-state index in [2.05, 4.69) is 20.1 Å². The maximum absolute atomic E-state index is 13.7. The molecule has 0 aromatic carbocycles. The fraction of sp³-hybridized carbons (Fsp3) is 0.333. The Balaban J connectivity index is 1.74. The van der Waals surface area contributed by atoms with Crippen LogP contribution in [-0.4, -0.2) is 55.5 Å². The molecule has 0 bridgehead atoms. The van der Waals surface area contributed by atoms with Gasteiger partial charge in [-0.05, 0) is 19.1 Å². The standard InChI is InChI=1S/C21H20F3N7O/c1-12-11-32-8-7-31(12)17-9-16(15-10-30(2)29-18(15)21(22,23)24)27-20(28-17)14-4-6-26-19-13(14)3-5-25-19/h3-6,9-10,12H,7-8,11H2,1-2H3,(H,25,26). The van der Waals surface area contributed by atoms with Gasteiger partial charge in [-0.1, -0.05) is 0 Å². The van der Waals surface area contributed by atoms with Crippen LogP contribution in [0.3, 0.4) is 0 Å². The van der Waals surface area contributed by atoms with E-state index in [4.69, 9.17) is 9.72 Å². The summed E-state index contributed by atoms with van der Waals surface area (Å²) >= 11 is 0. The molecule has 166 valence electrons. The molecular formula is C21H20F3N7O. The van der Waals surface area contributed by atoms with Crippen LogP contribution in [0.1, 0.15) is 12.6 Å². The van der Waals surface area contributed by atoms with Gasteiger partial charge in [0.15, 0.2) is 11.5 Å². The Bertz CT molecular complexity index is 1280. The van der Waals surface area contributed by atoms with Crippen LogP contribution in [0.5, 0.6) is 0 Å². The van der Waals surface area contributed by atoms with Crippen LogP contribution in [0.4, 0.5) is 19.0 Å². The first kappa shape index (κ1) is 20.4. The average Bonchev–Trinajstić information content (AvgIpc) is 3.40. The lowest BCUT2D eigenvalue weighted by atomic mass is 10.1. The molecule has 1 atom stereocenters. The number of hydrogen-bond acceptors (Lipinski definition) is 6. The summed E-state index contributed by atoms with van der Waals surface area (Å²) in [4.78, 5) is 18.6. The molecule has 0 aliphatic carbocycles. The van der Waals surface area contributed by atoms with Crippen molar-refractivity contribution in [3.8, 4) is 22.6 Å². The highest BCUT2D eigenvalue weighted by atomic mass is 19.4. The van der Waals surface area contributed by atoms with Gasteiger partial charge in [-0.2, -0.15) is 18.3 Å². The molecule has 32 heavy (non-hydrogen) atoms. The first-order chi connectivity index (χ1) is 15.3. The number of rotatable bonds is 3. The number of aromatic nitrogens is 6. The SMILES string of the molecule is CC1COCCN1c1cc(-c2cn(C)nc2C(F)(F)F)nc(-c2ccnc3[nH]ccc23)n1. The molecule has 1 aliphatic heterocycles. The highest BCUT2D eigenvalue weighted by Crippen LogP contribution is 2.37. The van der Waals surface area contributed by atoms with E-state index >= 15 is 0 Å². The van der Waals surface area contributed by atoms with E-state index in [1.165, 1.54) is 13.2 Å². The van der Waals surface area contributed by atoms with Gasteiger partial charge in [0.25, 0.3) is 0 Å². The van der Waals surface area contributed by atoms with Gasteiger partial charge < -0.3 is 14.6 Å². The zero-order valence-corrected chi connectivity index (χ0v) is 17.4. The first-order valence-corrected chi connectivity index (χ1v) is 10.1. The maximum Gasteiger partial charge on any atom is 0.435 e. The molecule has 0 spiro atoms. The zero-order chi connectivity index (χ0) is 22.5. The molecule has 1 unspecified atom stereocenters. The number of nitrogens with zero attached hydrogens (tertiary/aromatic N) is 6. The van der Waals surface area contributed by atoms with Crippen LogP contribution in [-0.2, 0) is 18.0 Å². The average molecular weight is 443 g/mol. The summed E-state index contributed by atoms with van der Waals surface area (Å²) in [7, 11) is 1.46. The Morgan fingerprint density at radius 2 is 2.03 bits per heavy atom. The lowest BCUT2D eigenvalue weighted by molar-refractivity contribution is -0.141. The second-order valence-corrected chi connectivity index (χ2v) is 7.71. The van der Waals surface area contributed by atoms with E-state index < -0.39 is 11.9 Å². The zero-order valence-electron chi connectivity index (χ0n) is 17.4. The van der Waals surface area contributed by atoms with Crippen molar-refractivity contribution in [1.29, 1.82) is 0 Å². The molecule has 5 rings (SSSR count). The summed E-state index contributed by atoms with van der Waals surface area (Å²) < 4.78 is 47.8. The lowest BCUT2D eigenvalue weighted by Gasteiger charge is -2.34. The van der Waals surface area contributed by atoms with Gasteiger partial charge in [0.2, 0.25) is 0 Å². The fourth-order valence-corrected chi connectivity index (χ4v) is 3.95. The quantitative estimate of drug-likeness (QED) is 0.520. The van der Waals surface area contributed by atoms with Gasteiger partial charge in [0.05, 0.1) is 30.5 Å². The number of fused-ring (bicyclic) bond motifs is 1. The number of aromatic amines is 1. The minimum atomic E-state index is -4.61. The van der Waals surface area contributed by atoms with E-state index in [9.17, 15) is 13.2 Å². The van der Waals surface area contributed by atoms with Crippen LogP contribution in [0.2, 0.25) is 0 Å². The summed E-state index contributed by atoms with van der Waals surface area (Å²) in [6.07, 6.45) is 0.0872. The van der Waals surface area contributed by atoms with E-state index in [1.807, 2.05) is 17.9 Å². The number of pyridine rings is 1. The van der Waals surface area contributed by atoms with Gasteiger partial charge in [-0.15, -0.1) is 0 Å². The Labute approximate surface area is 181 Å². The number of ether oxygens (including phenoxy) is 1. The Morgan fingerprint density at radius 3 is 2.81 bits per heavy atom. The highest BCUT2D eigenvalue weighted by Gasteiger charge is 2.38. The molecular weight excluding hydrogens is 423 g/mol. The molecule has 1 saturated heterocycles. The minimum absolute atomic E-state index is 0.0139. The third kappa shape index (κ3) is 3.58. The van der Waals surface area contributed by atoms with Gasteiger partial charge in [0.1, 0.15) is 11.5 Å². The smallest absolute Gasteiger partial charge is 0.377 e. The van der Waals surface area contributed by atoms with Crippen LogP contribution in [0, 0.1) is 0 Å². The van der Waals surface area contributed by atoms with Crippen molar-refractivity contribution >= 4 is 16.9 Å². The number of morpholine rings is 1. The highest BCUT2D eigenvalue weighted by molar-refractivity contribution is 5.91. The van der Waals surface area contributed by atoms with Crippen molar-refractivity contribution in [3.63, 3.8) is 0 Å². The van der Waals surface area contributed by atoms with Crippen molar-refractivity contribution in [2.75, 3.05) is 24.7 Å². The van der Waals surface area contributed by atoms with Crippen molar-refractivity contribution in [2.45, 2.75) is 19.1 Å². The largest absolute Gasteiger partial charge is 0.435 e. The Kier molecular flexibility index (Phi) is 4.85. The second kappa shape index (κ2) is 7.59. The van der Waals surface area contributed by atoms with Gasteiger partial charge in [-0.3, -0.25) is 4.68 Å². The number of alkyl halides is 3. The van der Waals surface area contributed by atoms with E-state index in [1.54, 1.807) is 24.5 Å². The van der Waals surface area contributed by atoms with Crippen molar-refractivity contribution in [1.82, 2.24) is 29.7 Å². The molecule has 5 heterocycles. The van der Waals surface area contributed by atoms with Crippen molar-refractivity contribution in [2.24, 2.45) is 7.05 Å². The second-order valence-electron chi connectivity index (χ2n) is 7.71. The van der Waals surface area contributed by atoms with E-state index in [0.717, 1.165) is 10.1 Å². The van der Waals surface area contributed by atoms with E-state index in [0.29, 0.717) is 42.6 Å². The third-order valence-electron chi connectivity index (χ3n) is 5.45. The number of anilines is 1. The first-order valence-electron chi connectivity index (χ1n) is 10.1. The molecule has 11 heteroatoms. The molecule has 0 radical (unpaired) electrons. The number of H-pyrrole nitrogens is 1. The van der Waals surface area contributed by atoms with E-state index in [-0.39, 0.29) is 17.3 Å². The predicted molar refractivity (Wildman–Crippen MR) is 112 cm³/mol. The normalized spacial score (nSPS) is 17.3. The molecule has 4 aromatic rings. The summed E-state index contributed by atoms with van der Waals surface area (Å²) in [5, 5.41) is 4.43. The monoisotopic (exact) mass is 443 g/mol. The Morgan fingerprint density at radius 1 is 1.19 bits per heavy atom. The summed E-state index contributed by atoms with van der Waals surface area (Å²) in [6, 6.07) is 5.21. The number of nitrogens with one attached hydrogen (secondary N) is 1. The molecule has 8 nitrogen and oxygen atoms in total. The Hall–Kier alpha value is -3.47. The van der Waals surface area contributed by atoms with Crippen LogP contribution in [0.15, 0.2) is 36.8 Å². The minimum Gasteiger partial charge on any atom is -0.377 e. The summed E-state index contributed by atoms with van der Waals surface area (Å²) in [5.41, 5.74) is 0.412. The van der Waals surface area contributed by atoms with Crippen molar-refractivity contribution in [3.05, 3.63) is 42.5 Å². The predicted octanol–water partition coefficient (Wildman–Crippen LogP) is 3.66. The number of hydrogen-bond donors (Lipinski definition) is 1. The summed E-state index contributed by atoms with van der Waals surface area (Å²) in [6.45, 7) is 3.58. The fourth-order valence-electron chi connectivity index (χ4n) is 3.95. The molecule has 4 aromatic heterocycles. The molecule has 1 aliphatic rings. The molecule has 1 N–H and O–H groups in total. The summed E-state index contributed by atoms with van der Waals surface area (Å²) in [5.74, 6) is 0.860. The maximum atomic E-state index is 13.7. The van der Waals surface area contributed by atoms with Gasteiger partial charge in [-0.25, -0.2) is 15.0 Å².